The highest BCUT2D eigenvalue weighted by molar-refractivity contribution is 5.79. The maximum atomic E-state index is 12.3. The second kappa shape index (κ2) is 9.46. The average Bonchev–Trinajstić information content (AvgIpc) is 2.93. The Labute approximate surface area is 155 Å². The molecule has 2 aromatic heterocycles. The van der Waals surface area contributed by atoms with Crippen LogP contribution in [0.2, 0.25) is 0 Å². The molecule has 6 nitrogen and oxygen atoms in total. The number of pyridine rings is 1. The number of unbranched alkanes of at least 4 members (excludes halogenated alkanes) is 2. The quantitative estimate of drug-likeness (QED) is 0.482. The third-order valence-corrected chi connectivity index (χ3v) is 4.77. The molecule has 0 saturated carbocycles. The number of hydrogen-bond donors (Lipinski definition) is 0. The van der Waals surface area contributed by atoms with Crippen LogP contribution in [0.1, 0.15) is 51.8 Å². The number of amides is 1. The molecule has 0 aliphatic carbocycles. The molecule has 0 aliphatic heterocycles. The summed E-state index contributed by atoms with van der Waals surface area (Å²) in [7, 11) is 1.73. The fraction of sp³-hybridized carbons (Fsp3) is 0.600. The van der Waals surface area contributed by atoms with Crippen molar-refractivity contribution in [3.8, 4) is 0 Å². The third-order valence-electron chi connectivity index (χ3n) is 4.77. The molecule has 26 heavy (non-hydrogen) atoms. The van der Waals surface area contributed by atoms with E-state index in [-0.39, 0.29) is 11.9 Å². The second-order valence-electron chi connectivity index (χ2n) is 7.32. The van der Waals surface area contributed by atoms with Crippen LogP contribution in [0, 0.1) is 12.8 Å². The molecular weight excluding hydrogens is 328 g/mol. The molecule has 0 saturated heterocycles. The first kappa shape index (κ1) is 20.1. The fourth-order valence-corrected chi connectivity index (χ4v) is 3.26. The van der Waals surface area contributed by atoms with E-state index in [1.54, 1.807) is 24.3 Å². The summed E-state index contributed by atoms with van der Waals surface area (Å²) < 4.78 is 2.20. The van der Waals surface area contributed by atoms with Gasteiger partial charge in [0.1, 0.15) is 17.6 Å². The minimum atomic E-state index is -0.309. The maximum Gasteiger partial charge on any atom is 0.222 e. The molecule has 0 unspecified atom stereocenters. The normalized spacial score (nSPS) is 12.5. The topological polar surface area (TPSA) is 68.1 Å². The van der Waals surface area contributed by atoms with Crippen molar-refractivity contribution in [2.24, 2.45) is 5.92 Å². The average molecular weight is 358 g/mol. The Bertz CT molecular complexity index is 738. The summed E-state index contributed by atoms with van der Waals surface area (Å²) >= 11 is 0. The number of aldehydes is 1. The van der Waals surface area contributed by atoms with Crippen molar-refractivity contribution in [1.82, 2.24) is 19.4 Å². The number of hydrogen-bond acceptors (Lipinski definition) is 4. The lowest BCUT2D eigenvalue weighted by Crippen LogP contribution is -2.38. The number of rotatable bonds is 10. The Morgan fingerprint density at radius 3 is 2.77 bits per heavy atom. The Morgan fingerprint density at radius 1 is 1.31 bits per heavy atom. The van der Waals surface area contributed by atoms with Gasteiger partial charge in [0.05, 0.1) is 17.8 Å². The Morgan fingerprint density at radius 2 is 2.08 bits per heavy atom. The third kappa shape index (κ3) is 5.13. The van der Waals surface area contributed by atoms with Crippen molar-refractivity contribution in [1.29, 1.82) is 0 Å². The summed E-state index contributed by atoms with van der Waals surface area (Å²) in [6.45, 7) is 7.02. The molecule has 0 fully saturated rings. The van der Waals surface area contributed by atoms with Crippen LogP contribution in [0.5, 0.6) is 0 Å². The van der Waals surface area contributed by atoms with Crippen LogP contribution in [0.25, 0.3) is 11.0 Å². The van der Waals surface area contributed by atoms with Crippen molar-refractivity contribution in [2.75, 3.05) is 7.05 Å². The molecule has 1 amide bonds. The van der Waals surface area contributed by atoms with Crippen LogP contribution in [-0.2, 0) is 16.1 Å². The lowest BCUT2D eigenvalue weighted by molar-refractivity contribution is -0.135. The van der Waals surface area contributed by atoms with Gasteiger partial charge < -0.3 is 14.3 Å². The number of fused-ring (bicyclic) bond motifs is 1. The van der Waals surface area contributed by atoms with E-state index in [0.29, 0.717) is 18.8 Å². The summed E-state index contributed by atoms with van der Waals surface area (Å²) in [4.78, 5) is 33.8. The highest BCUT2D eigenvalue weighted by atomic mass is 16.2. The largest absolute Gasteiger partial charge is 0.336 e. The smallest absolute Gasteiger partial charge is 0.222 e. The molecule has 0 N–H and O–H groups in total. The van der Waals surface area contributed by atoms with Gasteiger partial charge in [0, 0.05) is 26.2 Å². The van der Waals surface area contributed by atoms with Gasteiger partial charge in [-0.15, -0.1) is 0 Å². The number of aromatic nitrogens is 3. The van der Waals surface area contributed by atoms with E-state index in [1.165, 1.54) is 0 Å². The van der Waals surface area contributed by atoms with Gasteiger partial charge in [-0.3, -0.25) is 9.78 Å². The van der Waals surface area contributed by atoms with Gasteiger partial charge in [0.25, 0.3) is 0 Å². The molecular formula is C20H30N4O2. The first-order valence-corrected chi connectivity index (χ1v) is 9.41. The Kier molecular flexibility index (Phi) is 7.30. The molecule has 0 aromatic carbocycles. The monoisotopic (exact) mass is 358 g/mol. The molecule has 6 heteroatoms. The van der Waals surface area contributed by atoms with E-state index in [9.17, 15) is 9.59 Å². The highest BCUT2D eigenvalue weighted by Crippen LogP contribution is 2.16. The van der Waals surface area contributed by atoms with Crippen molar-refractivity contribution < 1.29 is 9.59 Å². The fourth-order valence-electron chi connectivity index (χ4n) is 3.26. The zero-order valence-electron chi connectivity index (χ0n) is 16.3. The zero-order chi connectivity index (χ0) is 19.1. The first-order valence-electron chi connectivity index (χ1n) is 9.41. The van der Waals surface area contributed by atoms with Crippen LogP contribution in [-0.4, -0.2) is 44.7 Å². The number of carbonyl (C=O) groups is 2. The van der Waals surface area contributed by atoms with Crippen LogP contribution < -0.4 is 0 Å². The van der Waals surface area contributed by atoms with Gasteiger partial charge in [0.15, 0.2) is 0 Å². The van der Waals surface area contributed by atoms with Crippen molar-refractivity contribution in [3.63, 3.8) is 0 Å². The lowest BCUT2D eigenvalue weighted by atomic mass is 10.0. The summed E-state index contributed by atoms with van der Waals surface area (Å²) in [5.74, 6) is 1.44. The predicted molar refractivity (Wildman–Crippen MR) is 103 cm³/mol. The van der Waals surface area contributed by atoms with Crippen molar-refractivity contribution in [2.45, 2.75) is 65.5 Å². The summed E-state index contributed by atoms with van der Waals surface area (Å²) in [5.41, 5.74) is 2.03. The van der Waals surface area contributed by atoms with Gasteiger partial charge in [-0.1, -0.05) is 20.3 Å². The van der Waals surface area contributed by atoms with Crippen molar-refractivity contribution >= 4 is 23.2 Å². The van der Waals surface area contributed by atoms with E-state index in [2.05, 4.69) is 28.4 Å². The number of likely N-dealkylation sites (N-methyl/N-ethyl adjacent to an activating group) is 1. The first-order chi connectivity index (χ1) is 12.4. The highest BCUT2D eigenvalue weighted by Gasteiger charge is 2.19. The van der Waals surface area contributed by atoms with Gasteiger partial charge in [-0.2, -0.15) is 0 Å². The lowest BCUT2D eigenvalue weighted by Gasteiger charge is -2.25. The van der Waals surface area contributed by atoms with Crippen LogP contribution in [0.3, 0.4) is 0 Å². The Balaban J connectivity index is 1.77. The molecule has 0 aliphatic rings. The molecule has 0 spiro atoms. The predicted octanol–water partition coefficient (Wildman–Crippen LogP) is 3.37. The van der Waals surface area contributed by atoms with Crippen LogP contribution in [0.15, 0.2) is 18.5 Å². The molecule has 2 heterocycles. The van der Waals surface area contributed by atoms with E-state index < -0.39 is 0 Å². The van der Waals surface area contributed by atoms with Gasteiger partial charge in [0.2, 0.25) is 5.91 Å². The number of aryl methyl sites for hydroxylation is 2. The maximum absolute atomic E-state index is 12.3. The number of nitrogens with zero attached hydrogens (tertiary/aromatic N) is 4. The molecule has 0 bridgehead atoms. The minimum absolute atomic E-state index is 0.0538. The number of imidazole rings is 1. The standard InChI is InChI=1S/C20H30N4O2/c1-15(2)12-17(14-25)23(4)20(26)8-6-5-7-11-24-16(3)22-18-13-21-10-9-19(18)24/h9-10,13-15,17H,5-8,11-12H2,1-4H3/t17-/m0/s1. The molecule has 2 rings (SSSR count). The van der Waals surface area contributed by atoms with Crippen molar-refractivity contribution in [3.05, 3.63) is 24.3 Å². The van der Waals surface area contributed by atoms with E-state index >= 15 is 0 Å². The van der Waals surface area contributed by atoms with E-state index in [1.807, 2.05) is 13.0 Å². The van der Waals surface area contributed by atoms with E-state index in [0.717, 1.165) is 49.0 Å². The number of carbonyl (C=O) groups excluding carboxylic acids is 2. The van der Waals surface area contributed by atoms with Gasteiger partial charge >= 0.3 is 0 Å². The summed E-state index contributed by atoms with van der Waals surface area (Å²) in [5, 5.41) is 0. The van der Waals surface area contributed by atoms with Gasteiger partial charge in [-0.05, 0) is 38.2 Å². The van der Waals surface area contributed by atoms with Crippen LogP contribution in [0.4, 0.5) is 0 Å². The molecule has 0 radical (unpaired) electrons. The molecule has 1 atom stereocenters. The summed E-state index contributed by atoms with van der Waals surface area (Å²) in [6, 6.07) is 1.68. The van der Waals surface area contributed by atoms with E-state index in [4.69, 9.17) is 0 Å². The molecule has 2 aromatic rings. The summed E-state index contributed by atoms with van der Waals surface area (Å²) in [6.07, 6.45) is 8.47. The Hall–Kier alpha value is -2.24. The van der Waals surface area contributed by atoms with Crippen LogP contribution >= 0.6 is 0 Å². The molecule has 142 valence electrons. The van der Waals surface area contributed by atoms with Gasteiger partial charge in [-0.25, -0.2) is 4.98 Å². The zero-order valence-corrected chi connectivity index (χ0v) is 16.3. The minimum Gasteiger partial charge on any atom is -0.336 e. The SMILES string of the molecule is Cc1nc2cnccc2n1CCCCCC(=O)N(C)[C@H](C=O)CC(C)C. The second-order valence-corrected chi connectivity index (χ2v) is 7.32.